The highest BCUT2D eigenvalue weighted by Gasteiger charge is 2.09. The van der Waals surface area contributed by atoms with E-state index in [-0.39, 0.29) is 11.8 Å². The fourth-order valence-electron chi connectivity index (χ4n) is 1.22. The lowest BCUT2D eigenvalue weighted by molar-refractivity contribution is 0.0659. The van der Waals surface area contributed by atoms with E-state index >= 15 is 0 Å². The van der Waals surface area contributed by atoms with E-state index in [0.29, 0.717) is 25.5 Å². The molecule has 2 N–H and O–H groups in total. The van der Waals surface area contributed by atoms with Crippen molar-refractivity contribution >= 4 is 5.97 Å². The molecule has 5 nitrogen and oxygen atoms in total. The van der Waals surface area contributed by atoms with Gasteiger partial charge in [0.2, 0.25) is 5.76 Å². The van der Waals surface area contributed by atoms with Crippen LogP contribution in [-0.4, -0.2) is 30.3 Å². The van der Waals surface area contributed by atoms with Gasteiger partial charge in [0.25, 0.3) is 0 Å². The molecular weight excluding hydrogens is 210 g/mol. The Labute approximate surface area is 94.4 Å². The molecule has 0 bridgehead atoms. The van der Waals surface area contributed by atoms with Crippen LogP contribution >= 0.6 is 0 Å². The van der Waals surface area contributed by atoms with E-state index < -0.39 is 5.97 Å². The Balaban J connectivity index is 2.33. The highest BCUT2D eigenvalue weighted by atomic mass is 16.5. The third-order valence-corrected chi connectivity index (χ3v) is 2.07. The molecule has 1 aromatic heterocycles. The van der Waals surface area contributed by atoms with Gasteiger partial charge in [-0.05, 0) is 26.0 Å². The quantitative estimate of drug-likeness (QED) is 0.738. The van der Waals surface area contributed by atoms with Crippen LogP contribution in [0, 0.1) is 0 Å². The molecule has 16 heavy (non-hydrogen) atoms. The predicted molar refractivity (Wildman–Crippen MR) is 58.5 cm³/mol. The second-order valence-electron chi connectivity index (χ2n) is 3.51. The summed E-state index contributed by atoms with van der Waals surface area (Å²) in [5.41, 5.74) is 0. The molecule has 1 aromatic rings. The van der Waals surface area contributed by atoms with Crippen LogP contribution in [0.2, 0.25) is 0 Å². The Bertz CT molecular complexity index is 334. The number of hydrogen-bond donors (Lipinski definition) is 2. The van der Waals surface area contributed by atoms with Crippen molar-refractivity contribution in [3.63, 3.8) is 0 Å². The zero-order valence-corrected chi connectivity index (χ0v) is 9.53. The van der Waals surface area contributed by atoms with Gasteiger partial charge in [-0.25, -0.2) is 4.79 Å². The Morgan fingerprint density at radius 1 is 1.62 bits per heavy atom. The van der Waals surface area contributed by atoms with Gasteiger partial charge in [-0.15, -0.1) is 0 Å². The first-order valence-electron chi connectivity index (χ1n) is 5.26. The molecule has 0 aliphatic heterocycles. The van der Waals surface area contributed by atoms with Crippen molar-refractivity contribution < 1.29 is 19.1 Å². The summed E-state index contributed by atoms with van der Waals surface area (Å²) in [5, 5.41) is 11.8. The Morgan fingerprint density at radius 3 is 2.94 bits per heavy atom. The number of nitrogens with one attached hydrogen (secondary N) is 1. The number of carboxylic acid groups (broad SMARTS) is 1. The topological polar surface area (TPSA) is 71.7 Å². The molecule has 5 heteroatoms. The van der Waals surface area contributed by atoms with Crippen molar-refractivity contribution in [3.8, 4) is 0 Å². The summed E-state index contributed by atoms with van der Waals surface area (Å²) in [6.07, 6.45) is 0. The Morgan fingerprint density at radius 2 is 2.38 bits per heavy atom. The number of carbonyl (C=O) groups is 1. The first-order chi connectivity index (χ1) is 7.63. The van der Waals surface area contributed by atoms with Gasteiger partial charge in [-0.3, -0.25) is 0 Å². The highest BCUT2D eigenvalue weighted by molar-refractivity contribution is 5.84. The van der Waals surface area contributed by atoms with Crippen LogP contribution < -0.4 is 5.32 Å². The molecule has 1 atom stereocenters. The second kappa shape index (κ2) is 6.30. The number of ether oxygens (including phenoxy) is 1. The number of aromatic carboxylic acids is 1. The average molecular weight is 227 g/mol. The molecular formula is C11H17NO4. The van der Waals surface area contributed by atoms with Crippen LogP contribution in [0.1, 0.15) is 30.2 Å². The largest absolute Gasteiger partial charge is 0.475 e. The van der Waals surface area contributed by atoms with Gasteiger partial charge < -0.3 is 19.6 Å². The Hall–Kier alpha value is -1.33. The fourth-order valence-corrected chi connectivity index (χ4v) is 1.22. The number of furan rings is 1. The van der Waals surface area contributed by atoms with Crippen molar-refractivity contribution in [2.75, 3.05) is 13.2 Å². The molecule has 0 aliphatic carbocycles. The Kier molecular flexibility index (Phi) is 5.01. The van der Waals surface area contributed by atoms with Gasteiger partial charge in [0.15, 0.2) is 0 Å². The molecule has 1 heterocycles. The number of hydrogen-bond acceptors (Lipinski definition) is 4. The third kappa shape index (κ3) is 4.04. The zero-order valence-electron chi connectivity index (χ0n) is 9.53. The van der Waals surface area contributed by atoms with Crippen LogP contribution in [0.4, 0.5) is 0 Å². The maximum atomic E-state index is 10.6. The van der Waals surface area contributed by atoms with E-state index in [4.69, 9.17) is 14.3 Å². The summed E-state index contributed by atoms with van der Waals surface area (Å²) < 4.78 is 10.3. The molecule has 0 fully saturated rings. The summed E-state index contributed by atoms with van der Waals surface area (Å²) >= 11 is 0. The van der Waals surface area contributed by atoms with Crippen LogP contribution in [0.3, 0.4) is 0 Å². The van der Waals surface area contributed by atoms with Crippen LogP contribution in [0.15, 0.2) is 16.5 Å². The van der Waals surface area contributed by atoms with Gasteiger partial charge in [-0.1, -0.05) is 0 Å². The molecule has 0 aliphatic rings. The normalized spacial score (nSPS) is 12.6. The molecule has 1 rings (SSSR count). The summed E-state index contributed by atoms with van der Waals surface area (Å²) in [6, 6.07) is 3.31. The van der Waals surface area contributed by atoms with Crippen molar-refractivity contribution in [1.82, 2.24) is 5.32 Å². The van der Waals surface area contributed by atoms with E-state index in [2.05, 4.69) is 5.32 Å². The van der Waals surface area contributed by atoms with Gasteiger partial charge in [0.05, 0.1) is 13.2 Å². The summed E-state index contributed by atoms with van der Waals surface area (Å²) in [6.45, 7) is 5.76. The van der Waals surface area contributed by atoms with Crippen molar-refractivity contribution in [3.05, 3.63) is 23.7 Å². The minimum Gasteiger partial charge on any atom is -0.475 e. The minimum absolute atomic E-state index is 0.0331. The van der Waals surface area contributed by atoms with E-state index in [1.807, 2.05) is 13.8 Å². The second-order valence-corrected chi connectivity index (χ2v) is 3.51. The van der Waals surface area contributed by atoms with Gasteiger partial charge >= 0.3 is 5.97 Å². The van der Waals surface area contributed by atoms with Crippen molar-refractivity contribution in [1.29, 1.82) is 0 Å². The first-order valence-corrected chi connectivity index (χ1v) is 5.26. The highest BCUT2D eigenvalue weighted by Crippen LogP contribution is 2.07. The fraction of sp³-hybridized carbons (Fsp3) is 0.545. The molecule has 0 amide bonds. The van der Waals surface area contributed by atoms with E-state index in [0.717, 1.165) is 0 Å². The molecule has 0 aromatic carbocycles. The van der Waals surface area contributed by atoms with Gasteiger partial charge in [-0.2, -0.15) is 0 Å². The molecule has 90 valence electrons. The molecule has 0 spiro atoms. The van der Waals surface area contributed by atoms with Gasteiger partial charge in [0, 0.05) is 12.6 Å². The monoisotopic (exact) mass is 227 g/mol. The summed E-state index contributed by atoms with van der Waals surface area (Å²) in [5.74, 6) is -0.469. The smallest absolute Gasteiger partial charge is 0.371 e. The van der Waals surface area contributed by atoms with Gasteiger partial charge in [0.1, 0.15) is 5.76 Å². The molecule has 0 saturated heterocycles. The molecule has 1 unspecified atom stereocenters. The molecule has 0 radical (unpaired) electrons. The van der Waals surface area contributed by atoms with Crippen molar-refractivity contribution in [2.24, 2.45) is 0 Å². The average Bonchev–Trinajstić information content (AvgIpc) is 2.72. The standard InChI is InChI=1S/C11H17NO4/c1-3-15-7-8(2)12-6-9-4-5-10(16-9)11(13)14/h4-5,8,12H,3,6-7H2,1-2H3,(H,13,14). The van der Waals surface area contributed by atoms with Crippen molar-refractivity contribution in [2.45, 2.75) is 26.4 Å². The first kappa shape index (κ1) is 12.7. The summed E-state index contributed by atoms with van der Waals surface area (Å²) in [7, 11) is 0. The maximum Gasteiger partial charge on any atom is 0.371 e. The third-order valence-electron chi connectivity index (χ3n) is 2.07. The SMILES string of the molecule is CCOCC(C)NCc1ccc(C(=O)O)o1. The van der Waals surface area contributed by atoms with Crippen LogP contribution in [-0.2, 0) is 11.3 Å². The van der Waals surface area contributed by atoms with E-state index in [1.165, 1.54) is 6.07 Å². The number of rotatable bonds is 7. The lowest BCUT2D eigenvalue weighted by atomic mass is 10.3. The maximum absolute atomic E-state index is 10.6. The number of carboxylic acids is 1. The van der Waals surface area contributed by atoms with Crippen LogP contribution in [0.25, 0.3) is 0 Å². The lowest BCUT2D eigenvalue weighted by Crippen LogP contribution is -2.29. The van der Waals surface area contributed by atoms with E-state index in [1.54, 1.807) is 6.07 Å². The predicted octanol–water partition coefficient (Wildman–Crippen LogP) is 1.49. The molecule has 0 saturated carbocycles. The summed E-state index contributed by atoms with van der Waals surface area (Å²) in [4.78, 5) is 10.6. The lowest BCUT2D eigenvalue weighted by Gasteiger charge is -2.12. The zero-order chi connectivity index (χ0) is 12.0. The minimum atomic E-state index is -1.05. The van der Waals surface area contributed by atoms with Crippen LogP contribution in [0.5, 0.6) is 0 Å². The van der Waals surface area contributed by atoms with E-state index in [9.17, 15) is 4.79 Å².